The Kier molecular flexibility index (Phi) is 6.00. The number of amides is 1. The summed E-state index contributed by atoms with van der Waals surface area (Å²) in [6.07, 6.45) is 0.529. The molecule has 5 nitrogen and oxygen atoms in total. The summed E-state index contributed by atoms with van der Waals surface area (Å²) in [5.41, 5.74) is 3.46. The van der Waals surface area contributed by atoms with E-state index in [4.69, 9.17) is 0 Å². The van der Waals surface area contributed by atoms with Gasteiger partial charge in [0.1, 0.15) is 0 Å². The van der Waals surface area contributed by atoms with Crippen molar-refractivity contribution in [3.63, 3.8) is 0 Å². The van der Waals surface area contributed by atoms with Gasteiger partial charge in [-0.15, -0.1) is 0 Å². The summed E-state index contributed by atoms with van der Waals surface area (Å²) in [4.78, 5) is 18.8. The van der Waals surface area contributed by atoms with E-state index in [0.717, 1.165) is 31.9 Å². The first kappa shape index (κ1) is 18.1. The minimum absolute atomic E-state index is 0.232. The van der Waals surface area contributed by atoms with Crippen molar-refractivity contribution in [3.05, 3.63) is 54.6 Å². The predicted molar refractivity (Wildman–Crippen MR) is 109 cm³/mol. The van der Waals surface area contributed by atoms with E-state index in [2.05, 4.69) is 63.6 Å². The highest BCUT2D eigenvalue weighted by Gasteiger charge is 2.20. The molecule has 0 spiro atoms. The second kappa shape index (κ2) is 8.61. The number of anilines is 3. The summed E-state index contributed by atoms with van der Waals surface area (Å²) >= 11 is 0. The number of carbonyl (C=O) groups excluding carboxylic acids is 1. The van der Waals surface area contributed by atoms with Gasteiger partial charge in [-0.05, 0) is 36.4 Å². The summed E-state index contributed by atoms with van der Waals surface area (Å²) in [6, 6.07) is 18.7. The summed E-state index contributed by atoms with van der Waals surface area (Å²) in [5, 5.41) is 3.34. The van der Waals surface area contributed by atoms with Crippen LogP contribution < -0.4 is 15.1 Å². The van der Waals surface area contributed by atoms with Gasteiger partial charge < -0.3 is 20.0 Å². The fourth-order valence-electron chi connectivity index (χ4n) is 3.20. The minimum Gasteiger partial charge on any atom is -0.385 e. The molecule has 0 unspecified atom stereocenters. The minimum atomic E-state index is 0.232. The lowest BCUT2D eigenvalue weighted by molar-refractivity contribution is -0.131. The first-order valence-electron chi connectivity index (χ1n) is 9.22. The number of nitrogens with one attached hydrogen (secondary N) is 1. The van der Waals surface area contributed by atoms with Crippen LogP contribution in [0.1, 0.15) is 6.42 Å². The van der Waals surface area contributed by atoms with Crippen LogP contribution in [-0.4, -0.2) is 57.6 Å². The normalized spacial score (nSPS) is 14.2. The van der Waals surface area contributed by atoms with Crippen LogP contribution in [0.3, 0.4) is 0 Å². The Labute approximate surface area is 156 Å². The van der Waals surface area contributed by atoms with Crippen molar-refractivity contribution in [1.82, 2.24) is 4.90 Å². The number of nitrogens with zero attached hydrogens (tertiary/aromatic N) is 3. The SMILES string of the molecule is CN(C)c1ccc(NCCC(=O)N2CCN(c3ccccc3)CC2)cc1. The van der Waals surface area contributed by atoms with Crippen LogP contribution in [0.2, 0.25) is 0 Å². The van der Waals surface area contributed by atoms with Crippen LogP contribution in [0.4, 0.5) is 17.1 Å². The molecule has 1 heterocycles. The second-order valence-corrected chi connectivity index (χ2v) is 6.82. The highest BCUT2D eigenvalue weighted by molar-refractivity contribution is 5.77. The van der Waals surface area contributed by atoms with Crippen molar-refractivity contribution in [2.45, 2.75) is 6.42 Å². The van der Waals surface area contributed by atoms with Gasteiger partial charge in [0.05, 0.1) is 0 Å². The Morgan fingerprint density at radius 2 is 1.62 bits per heavy atom. The van der Waals surface area contributed by atoms with Gasteiger partial charge in [0, 0.05) is 70.3 Å². The van der Waals surface area contributed by atoms with E-state index in [0.29, 0.717) is 13.0 Å². The van der Waals surface area contributed by atoms with Crippen molar-refractivity contribution in [1.29, 1.82) is 0 Å². The maximum Gasteiger partial charge on any atom is 0.224 e. The first-order chi connectivity index (χ1) is 12.6. The quantitative estimate of drug-likeness (QED) is 0.868. The van der Waals surface area contributed by atoms with Gasteiger partial charge in [-0.1, -0.05) is 18.2 Å². The maximum atomic E-state index is 12.4. The van der Waals surface area contributed by atoms with Crippen LogP contribution in [-0.2, 0) is 4.79 Å². The zero-order valence-electron chi connectivity index (χ0n) is 15.7. The molecule has 138 valence electrons. The lowest BCUT2D eigenvalue weighted by atomic mass is 10.2. The van der Waals surface area contributed by atoms with Gasteiger partial charge in [0.2, 0.25) is 5.91 Å². The van der Waals surface area contributed by atoms with Crippen molar-refractivity contribution >= 4 is 23.0 Å². The fourth-order valence-corrected chi connectivity index (χ4v) is 3.20. The number of hydrogen-bond donors (Lipinski definition) is 1. The summed E-state index contributed by atoms with van der Waals surface area (Å²) in [5.74, 6) is 0.232. The molecule has 26 heavy (non-hydrogen) atoms. The van der Waals surface area contributed by atoms with Gasteiger partial charge in [0.25, 0.3) is 0 Å². The van der Waals surface area contributed by atoms with Crippen molar-refractivity contribution in [2.75, 3.05) is 61.9 Å². The molecule has 2 aromatic rings. The third-order valence-electron chi connectivity index (χ3n) is 4.81. The molecule has 1 saturated heterocycles. The first-order valence-corrected chi connectivity index (χ1v) is 9.22. The van der Waals surface area contributed by atoms with Gasteiger partial charge in [-0.25, -0.2) is 0 Å². The molecule has 1 aliphatic heterocycles. The number of hydrogen-bond acceptors (Lipinski definition) is 4. The zero-order chi connectivity index (χ0) is 18.4. The van der Waals surface area contributed by atoms with Crippen LogP contribution in [0.15, 0.2) is 54.6 Å². The molecule has 1 fully saturated rings. The van der Waals surface area contributed by atoms with Gasteiger partial charge >= 0.3 is 0 Å². The maximum absolute atomic E-state index is 12.4. The molecule has 0 aliphatic carbocycles. The van der Waals surface area contributed by atoms with E-state index >= 15 is 0 Å². The lowest BCUT2D eigenvalue weighted by Gasteiger charge is -2.36. The van der Waals surface area contributed by atoms with Crippen LogP contribution in [0.25, 0.3) is 0 Å². The number of piperazine rings is 1. The molecule has 1 amide bonds. The highest BCUT2D eigenvalue weighted by Crippen LogP contribution is 2.17. The molecule has 0 saturated carbocycles. The molecule has 5 heteroatoms. The smallest absolute Gasteiger partial charge is 0.224 e. The number of para-hydroxylation sites is 1. The predicted octanol–water partition coefficient (Wildman–Crippen LogP) is 2.90. The van der Waals surface area contributed by atoms with E-state index in [1.54, 1.807) is 0 Å². The summed E-state index contributed by atoms with van der Waals surface area (Å²) in [6.45, 7) is 4.06. The zero-order valence-corrected chi connectivity index (χ0v) is 15.7. The van der Waals surface area contributed by atoms with E-state index in [9.17, 15) is 4.79 Å². The average Bonchev–Trinajstić information content (AvgIpc) is 2.69. The standard InChI is InChI=1S/C21H28N4O/c1-23(2)19-10-8-18(9-11-19)22-13-12-21(26)25-16-14-24(15-17-25)20-6-4-3-5-7-20/h3-11,22H,12-17H2,1-2H3. The molecule has 0 aromatic heterocycles. The molecule has 1 N–H and O–H groups in total. The number of rotatable bonds is 6. The summed E-state index contributed by atoms with van der Waals surface area (Å²) < 4.78 is 0. The molecule has 3 rings (SSSR count). The Hall–Kier alpha value is -2.69. The Morgan fingerprint density at radius 3 is 2.23 bits per heavy atom. The number of carbonyl (C=O) groups is 1. The molecule has 0 bridgehead atoms. The van der Waals surface area contributed by atoms with Gasteiger partial charge in [-0.2, -0.15) is 0 Å². The third-order valence-corrected chi connectivity index (χ3v) is 4.81. The fraction of sp³-hybridized carbons (Fsp3) is 0.381. The molecule has 2 aromatic carbocycles. The Balaban J connectivity index is 1.40. The molecular formula is C21H28N4O. The molecular weight excluding hydrogens is 324 g/mol. The van der Waals surface area contributed by atoms with E-state index < -0.39 is 0 Å². The van der Waals surface area contributed by atoms with Crippen LogP contribution >= 0.6 is 0 Å². The lowest BCUT2D eigenvalue weighted by Crippen LogP contribution is -2.49. The topological polar surface area (TPSA) is 38.8 Å². The highest BCUT2D eigenvalue weighted by atomic mass is 16.2. The van der Waals surface area contributed by atoms with Crippen molar-refractivity contribution < 1.29 is 4.79 Å². The van der Waals surface area contributed by atoms with Gasteiger partial charge in [0.15, 0.2) is 0 Å². The average molecular weight is 352 g/mol. The van der Waals surface area contributed by atoms with Crippen LogP contribution in [0, 0.1) is 0 Å². The number of benzene rings is 2. The third kappa shape index (κ3) is 4.69. The largest absolute Gasteiger partial charge is 0.385 e. The second-order valence-electron chi connectivity index (χ2n) is 6.82. The molecule has 0 atom stereocenters. The molecule has 1 aliphatic rings. The molecule has 0 radical (unpaired) electrons. The van der Waals surface area contributed by atoms with Crippen LogP contribution in [0.5, 0.6) is 0 Å². The van der Waals surface area contributed by atoms with E-state index in [-0.39, 0.29) is 5.91 Å². The van der Waals surface area contributed by atoms with E-state index in [1.807, 2.05) is 25.1 Å². The Bertz CT molecular complexity index is 692. The Morgan fingerprint density at radius 1 is 0.962 bits per heavy atom. The van der Waals surface area contributed by atoms with Crippen molar-refractivity contribution in [2.24, 2.45) is 0 Å². The van der Waals surface area contributed by atoms with E-state index in [1.165, 1.54) is 11.4 Å². The monoisotopic (exact) mass is 352 g/mol. The summed E-state index contributed by atoms with van der Waals surface area (Å²) in [7, 11) is 4.05. The van der Waals surface area contributed by atoms with Gasteiger partial charge in [-0.3, -0.25) is 4.79 Å². The van der Waals surface area contributed by atoms with Crippen molar-refractivity contribution in [3.8, 4) is 0 Å².